The molecule has 0 atom stereocenters. The first-order valence-electron chi connectivity index (χ1n) is 6.12. The van der Waals surface area contributed by atoms with Crippen LogP contribution in [0.2, 0.25) is 0 Å². The second-order valence-electron chi connectivity index (χ2n) is 3.65. The van der Waals surface area contributed by atoms with Gasteiger partial charge < -0.3 is 10.1 Å². The average Bonchev–Trinajstić information content (AvgIpc) is 2.91. The van der Waals surface area contributed by atoms with Gasteiger partial charge in [0.2, 0.25) is 5.88 Å². The van der Waals surface area contributed by atoms with E-state index in [1.807, 2.05) is 32.0 Å². The Hall–Kier alpha value is -2.56. The van der Waals surface area contributed by atoms with Crippen LogP contribution in [0.3, 0.4) is 0 Å². The van der Waals surface area contributed by atoms with Crippen LogP contribution < -0.4 is 5.56 Å². The molecule has 2 N–H and O–H groups in total. The summed E-state index contributed by atoms with van der Waals surface area (Å²) in [4.78, 5) is 14.6. The van der Waals surface area contributed by atoms with Gasteiger partial charge in [0.25, 0.3) is 5.56 Å². The molecule has 0 saturated carbocycles. The minimum Gasteiger partial charge on any atom is -0.493 e. The molecule has 2 aromatic heterocycles. The largest absolute Gasteiger partial charge is 0.493 e. The number of hydrogen-bond donors (Lipinski definition) is 2. The fourth-order valence-corrected chi connectivity index (χ4v) is 1.82. The van der Waals surface area contributed by atoms with Gasteiger partial charge in [0.15, 0.2) is 0 Å². The molecular weight excluding hydrogens is 242 g/mol. The molecule has 3 aromatic rings. The molecule has 2 heterocycles. The second-order valence-corrected chi connectivity index (χ2v) is 3.65. The smallest absolute Gasteiger partial charge is 0.262 e. The second kappa shape index (κ2) is 5.39. The summed E-state index contributed by atoms with van der Waals surface area (Å²) < 4.78 is 1.30. The van der Waals surface area contributed by atoms with Gasteiger partial charge in [-0.15, -0.1) is 0 Å². The van der Waals surface area contributed by atoms with Gasteiger partial charge in [-0.1, -0.05) is 44.2 Å². The number of H-pyrrole nitrogens is 1. The normalized spacial score (nSPS) is 10.0. The fraction of sp³-hybridized carbons (Fsp3) is 0.143. The van der Waals surface area contributed by atoms with Gasteiger partial charge in [-0.25, -0.2) is 0 Å². The quantitative estimate of drug-likeness (QED) is 0.703. The van der Waals surface area contributed by atoms with E-state index in [1.165, 1.54) is 10.7 Å². The fourth-order valence-electron chi connectivity index (χ4n) is 1.82. The molecule has 19 heavy (non-hydrogen) atoms. The molecule has 0 radical (unpaired) electrons. The molecule has 0 aliphatic carbocycles. The van der Waals surface area contributed by atoms with Crippen LogP contribution in [-0.2, 0) is 0 Å². The maximum atomic E-state index is 11.9. The summed E-state index contributed by atoms with van der Waals surface area (Å²) in [5, 5.41) is 14.0. The first kappa shape index (κ1) is 12.9. The Morgan fingerprint density at radius 2 is 1.84 bits per heavy atom. The van der Waals surface area contributed by atoms with Crippen molar-refractivity contribution in [3.05, 3.63) is 52.9 Å². The van der Waals surface area contributed by atoms with Crippen molar-refractivity contribution in [2.24, 2.45) is 0 Å². The zero-order valence-electron chi connectivity index (χ0n) is 10.8. The molecule has 5 heteroatoms. The van der Waals surface area contributed by atoms with E-state index in [4.69, 9.17) is 0 Å². The van der Waals surface area contributed by atoms with E-state index < -0.39 is 0 Å². The maximum Gasteiger partial charge on any atom is 0.262 e. The predicted molar refractivity (Wildman–Crippen MR) is 74.3 cm³/mol. The summed E-state index contributed by atoms with van der Waals surface area (Å²) >= 11 is 0. The van der Waals surface area contributed by atoms with Crippen LogP contribution in [0.1, 0.15) is 13.8 Å². The average molecular weight is 257 g/mol. The van der Waals surface area contributed by atoms with E-state index in [2.05, 4.69) is 10.1 Å². The SMILES string of the molecule is CC.O=c1[nH]c2ccnn2c(O)c1-c1ccccc1. The van der Waals surface area contributed by atoms with Gasteiger partial charge in [-0.05, 0) is 5.56 Å². The summed E-state index contributed by atoms with van der Waals surface area (Å²) in [5.41, 5.74) is 1.01. The molecule has 1 aromatic carbocycles. The summed E-state index contributed by atoms with van der Waals surface area (Å²) in [6, 6.07) is 10.6. The van der Waals surface area contributed by atoms with Crippen LogP contribution in [0, 0.1) is 0 Å². The number of nitrogens with zero attached hydrogens (tertiary/aromatic N) is 2. The standard InChI is InChI=1S/C12H9N3O2.C2H6/c16-11-10(8-4-2-1-3-5-8)12(17)15-9(14-11)6-7-13-15;1-2/h1-7,17H,(H,14,16);1-2H3. The highest BCUT2D eigenvalue weighted by Gasteiger charge is 2.13. The van der Waals surface area contributed by atoms with Crippen LogP contribution >= 0.6 is 0 Å². The number of nitrogens with one attached hydrogen (secondary N) is 1. The third-order valence-electron chi connectivity index (χ3n) is 2.60. The number of aromatic amines is 1. The lowest BCUT2D eigenvalue weighted by atomic mass is 10.1. The molecule has 0 amide bonds. The Bertz CT molecular complexity index is 729. The number of benzene rings is 1. The van der Waals surface area contributed by atoms with E-state index >= 15 is 0 Å². The maximum absolute atomic E-state index is 11.9. The van der Waals surface area contributed by atoms with E-state index in [1.54, 1.807) is 18.2 Å². The number of aromatic nitrogens is 3. The molecule has 0 fully saturated rings. The van der Waals surface area contributed by atoms with Crippen molar-refractivity contribution in [2.45, 2.75) is 13.8 Å². The molecule has 3 rings (SSSR count). The van der Waals surface area contributed by atoms with Crippen molar-refractivity contribution in [1.82, 2.24) is 14.6 Å². The predicted octanol–water partition coefficient (Wildman–Crippen LogP) is 2.42. The van der Waals surface area contributed by atoms with Crippen molar-refractivity contribution in [3.8, 4) is 17.0 Å². The molecule has 0 spiro atoms. The van der Waals surface area contributed by atoms with E-state index in [9.17, 15) is 9.90 Å². The van der Waals surface area contributed by atoms with Gasteiger partial charge in [0.1, 0.15) is 11.2 Å². The van der Waals surface area contributed by atoms with Crippen molar-refractivity contribution < 1.29 is 5.11 Å². The van der Waals surface area contributed by atoms with Gasteiger partial charge >= 0.3 is 0 Å². The van der Waals surface area contributed by atoms with Gasteiger partial charge in [-0.2, -0.15) is 9.61 Å². The third kappa shape index (κ3) is 2.22. The number of fused-ring (bicyclic) bond motifs is 1. The Labute approximate surface area is 110 Å². The Kier molecular flexibility index (Phi) is 3.66. The van der Waals surface area contributed by atoms with E-state index in [0.717, 1.165) is 0 Å². The molecule has 5 nitrogen and oxygen atoms in total. The van der Waals surface area contributed by atoms with Crippen molar-refractivity contribution in [3.63, 3.8) is 0 Å². The summed E-state index contributed by atoms with van der Waals surface area (Å²) in [6.07, 6.45) is 1.51. The van der Waals surface area contributed by atoms with Gasteiger partial charge in [0, 0.05) is 6.07 Å². The summed E-state index contributed by atoms with van der Waals surface area (Å²) in [5.74, 6) is -0.153. The topological polar surface area (TPSA) is 70.4 Å². The van der Waals surface area contributed by atoms with E-state index in [0.29, 0.717) is 11.2 Å². The highest BCUT2D eigenvalue weighted by atomic mass is 16.3. The van der Waals surface area contributed by atoms with Crippen molar-refractivity contribution in [1.29, 1.82) is 0 Å². The van der Waals surface area contributed by atoms with Gasteiger partial charge in [-0.3, -0.25) is 4.79 Å². The van der Waals surface area contributed by atoms with Crippen LogP contribution in [-0.4, -0.2) is 19.7 Å². The van der Waals surface area contributed by atoms with Crippen LogP contribution in [0.5, 0.6) is 5.88 Å². The van der Waals surface area contributed by atoms with E-state index in [-0.39, 0.29) is 17.0 Å². The number of hydrogen-bond acceptors (Lipinski definition) is 3. The highest BCUT2D eigenvalue weighted by molar-refractivity contribution is 5.68. The zero-order chi connectivity index (χ0) is 13.8. The lowest BCUT2D eigenvalue weighted by Crippen LogP contribution is -2.12. The Morgan fingerprint density at radius 3 is 2.53 bits per heavy atom. The minimum atomic E-state index is -0.332. The van der Waals surface area contributed by atoms with Crippen LogP contribution in [0.15, 0.2) is 47.4 Å². The lowest BCUT2D eigenvalue weighted by Gasteiger charge is -2.05. The number of aromatic hydroxyl groups is 1. The van der Waals surface area contributed by atoms with Crippen molar-refractivity contribution >= 4 is 5.65 Å². The first-order valence-corrected chi connectivity index (χ1v) is 6.12. The molecule has 0 saturated heterocycles. The van der Waals surface area contributed by atoms with Crippen LogP contribution in [0.4, 0.5) is 0 Å². The Balaban J connectivity index is 0.000000637. The van der Waals surface area contributed by atoms with Crippen molar-refractivity contribution in [2.75, 3.05) is 0 Å². The molecule has 0 aliphatic heterocycles. The third-order valence-corrected chi connectivity index (χ3v) is 2.60. The Morgan fingerprint density at radius 1 is 1.16 bits per heavy atom. The molecular formula is C14H15N3O2. The number of rotatable bonds is 1. The highest BCUT2D eigenvalue weighted by Crippen LogP contribution is 2.24. The first-order chi connectivity index (χ1) is 9.27. The molecule has 0 unspecified atom stereocenters. The molecule has 98 valence electrons. The molecule has 0 bridgehead atoms. The minimum absolute atomic E-state index is 0.153. The van der Waals surface area contributed by atoms with Crippen LogP contribution in [0.25, 0.3) is 16.8 Å². The summed E-state index contributed by atoms with van der Waals surface area (Å²) in [7, 11) is 0. The monoisotopic (exact) mass is 257 g/mol. The zero-order valence-corrected chi connectivity index (χ0v) is 10.8. The summed E-state index contributed by atoms with van der Waals surface area (Å²) in [6.45, 7) is 4.00. The van der Waals surface area contributed by atoms with Gasteiger partial charge in [0.05, 0.1) is 6.20 Å². The lowest BCUT2D eigenvalue weighted by molar-refractivity contribution is 0.437. The molecule has 0 aliphatic rings.